The van der Waals surface area contributed by atoms with Gasteiger partial charge in [0, 0.05) is 18.5 Å². The molecule has 2 atom stereocenters. The summed E-state index contributed by atoms with van der Waals surface area (Å²) in [6.45, 7) is 5.16. The number of hydrogen-bond donors (Lipinski definition) is 2. The molecule has 0 saturated carbocycles. The fourth-order valence-electron chi connectivity index (χ4n) is 3.61. The number of likely N-dealkylation sites (tertiary alicyclic amines) is 1. The number of rotatable bonds is 6. The third kappa shape index (κ3) is 6.46. The van der Waals surface area contributed by atoms with Crippen LogP contribution < -0.4 is 10.1 Å². The van der Waals surface area contributed by atoms with Gasteiger partial charge in [0.2, 0.25) is 5.95 Å². The molecule has 37 heavy (non-hydrogen) atoms. The van der Waals surface area contributed by atoms with Crippen molar-refractivity contribution < 1.29 is 23.8 Å². The topological polar surface area (TPSA) is 146 Å². The first-order valence-corrected chi connectivity index (χ1v) is 12.4. The molecular formula is C24H26FN7O4S. The zero-order valence-corrected chi connectivity index (χ0v) is 21.3. The molecule has 0 unspecified atom stereocenters. The van der Waals surface area contributed by atoms with Gasteiger partial charge in [-0.2, -0.15) is 10.2 Å². The van der Waals surface area contributed by atoms with Crippen LogP contribution >= 0.6 is 11.3 Å². The molecule has 0 bridgehead atoms. The van der Waals surface area contributed by atoms with Gasteiger partial charge in [0.05, 0.1) is 24.2 Å². The number of carbonyl (C=O) groups is 1. The van der Waals surface area contributed by atoms with Crippen LogP contribution in [0.4, 0.5) is 20.1 Å². The Kier molecular flexibility index (Phi) is 7.80. The van der Waals surface area contributed by atoms with Gasteiger partial charge in [-0.3, -0.25) is 0 Å². The van der Waals surface area contributed by atoms with E-state index in [0.29, 0.717) is 22.1 Å². The van der Waals surface area contributed by atoms with Crippen molar-refractivity contribution in [3.8, 4) is 23.2 Å². The zero-order valence-electron chi connectivity index (χ0n) is 20.5. The number of thiazole rings is 1. The molecule has 1 aliphatic rings. The van der Waals surface area contributed by atoms with Crippen molar-refractivity contribution in [2.45, 2.75) is 51.7 Å². The molecule has 1 aliphatic heterocycles. The first-order valence-electron chi connectivity index (χ1n) is 11.5. The maximum Gasteiger partial charge on any atom is 0.410 e. The number of nitrogens with one attached hydrogen (secondary N) is 1. The molecule has 3 aromatic rings. The van der Waals surface area contributed by atoms with Crippen LogP contribution in [0.1, 0.15) is 38.4 Å². The molecule has 0 aliphatic carbocycles. The molecule has 0 radical (unpaired) electrons. The van der Waals surface area contributed by atoms with E-state index >= 15 is 0 Å². The molecule has 3 heterocycles. The molecule has 1 fully saturated rings. The molecule has 4 rings (SSSR count). The highest BCUT2D eigenvalue weighted by atomic mass is 32.1. The number of anilines is 2. The van der Waals surface area contributed by atoms with Crippen molar-refractivity contribution in [1.82, 2.24) is 24.8 Å². The highest BCUT2D eigenvalue weighted by Gasteiger charge is 2.35. The van der Waals surface area contributed by atoms with Gasteiger partial charge in [-0.05, 0) is 39.0 Å². The number of hydrogen-bond acceptors (Lipinski definition) is 11. The van der Waals surface area contributed by atoms with Crippen LogP contribution in [0.3, 0.4) is 0 Å². The number of aliphatic hydroxyl groups is 1. The summed E-state index contributed by atoms with van der Waals surface area (Å²) in [6, 6.07) is 6.88. The maximum absolute atomic E-state index is 14.9. The average molecular weight is 528 g/mol. The fourth-order valence-corrected chi connectivity index (χ4v) is 4.30. The molecule has 11 nitrogen and oxygen atoms in total. The van der Waals surface area contributed by atoms with E-state index in [0.717, 1.165) is 0 Å². The Bertz CT molecular complexity index is 1310. The molecule has 1 amide bonds. The van der Waals surface area contributed by atoms with Crippen LogP contribution in [0.15, 0.2) is 30.0 Å². The van der Waals surface area contributed by atoms with E-state index < -0.39 is 24.0 Å². The molecule has 2 aromatic heterocycles. The molecule has 194 valence electrons. The summed E-state index contributed by atoms with van der Waals surface area (Å²) >= 11 is 1.30. The SMILES string of the molecule is CC(C)(C)OC(=O)N1CC[C@H](Oc2ccc(-c3ncnc(Nc4scnc4CO)n3)cc2C#N)[C@@H](F)C1. The second kappa shape index (κ2) is 11.0. The number of ether oxygens (including phenoxy) is 2. The Hall–Kier alpha value is -3.89. The summed E-state index contributed by atoms with van der Waals surface area (Å²) in [5.74, 6) is 0.790. The van der Waals surface area contributed by atoms with Crippen LogP contribution in [0.5, 0.6) is 5.75 Å². The lowest BCUT2D eigenvalue weighted by Gasteiger charge is -2.35. The third-order valence-corrected chi connectivity index (χ3v) is 6.14. The summed E-state index contributed by atoms with van der Waals surface area (Å²) in [5, 5.41) is 22.7. The van der Waals surface area contributed by atoms with Crippen LogP contribution in [0, 0.1) is 11.3 Å². The molecule has 1 aromatic carbocycles. The Morgan fingerprint density at radius 2 is 2.16 bits per heavy atom. The van der Waals surface area contributed by atoms with Crippen molar-refractivity contribution in [2.24, 2.45) is 0 Å². The van der Waals surface area contributed by atoms with Crippen LogP contribution in [0.2, 0.25) is 0 Å². The fraction of sp³-hybridized carbons (Fsp3) is 0.417. The Morgan fingerprint density at radius 1 is 1.35 bits per heavy atom. The Balaban J connectivity index is 1.45. The summed E-state index contributed by atoms with van der Waals surface area (Å²) in [7, 11) is 0. The first-order chi connectivity index (χ1) is 17.7. The number of halogens is 1. The third-order valence-electron chi connectivity index (χ3n) is 5.36. The smallest absolute Gasteiger partial charge is 0.410 e. The lowest BCUT2D eigenvalue weighted by atomic mass is 10.1. The number of nitriles is 1. The Morgan fingerprint density at radius 3 is 2.86 bits per heavy atom. The van der Waals surface area contributed by atoms with Crippen molar-refractivity contribution in [1.29, 1.82) is 5.26 Å². The molecule has 13 heteroatoms. The second-order valence-corrected chi connectivity index (χ2v) is 10.1. The number of piperidine rings is 1. The first kappa shape index (κ1) is 26.2. The van der Waals surface area contributed by atoms with Crippen LogP contribution in [-0.2, 0) is 11.3 Å². The van der Waals surface area contributed by atoms with Crippen molar-refractivity contribution >= 4 is 28.4 Å². The van der Waals surface area contributed by atoms with Gasteiger partial charge < -0.3 is 24.8 Å². The normalized spacial score (nSPS) is 17.7. The van der Waals surface area contributed by atoms with E-state index in [1.54, 1.807) is 44.5 Å². The summed E-state index contributed by atoms with van der Waals surface area (Å²) in [4.78, 5) is 30.3. The van der Waals surface area contributed by atoms with Crippen molar-refractivity contribution in [3.05, 3.63) is 41.3 Å². The lowest BCUT2D eigenvalue weighted by molar-refractivity contribution is -0.0106. The lowest BCUT2D eigenvalue weighted by Crippen LogP contribution is -2.50. The van der Waals surface area contributed by atoms with Crippen LogP contribution in [-0.4, -0.2) is 67.0 Å². The quantitative estimate of drug-likeness (QED) is 0.485. The van der Waals surface area contributed by atoms with E-state index in [2.05, 4.69) is 31.3 Å². The van der Waals surface area contributed by atoms with Crippen LogP contribution in [0.25, 0.3) is 11.4 Å². The van der Waals surface area contributed by atoms with E-state index in [4.69, 9.17) is 9.47 Å². The van der Waals surface area contributed by atoms with Gasteiger partial charge in [0.1, 0.15) is 40.5 Å². The minimum atomic E-state index is -1.44. The molecular weight excluding hydrogens is 501 g/mol. The van der Waals surface area contributed by atoms with Crippen molar-refractivity contribution in [3.63, 3.8) is 0 Å². The number of aliphatic hydroxyl groups excluding tert-OH is 1. The highest BCUT2D eigenvalue weighted by molar-refractivity contribution is 7.14. The summed E-state index contributed by atoms with van der Waals surface area (Å²) < 4.78 is 26.1. The predicted octanol–water partition coefficient (Wildman–Crippen LogP) is 3.83. The number of aromatic nitrogens is 4. The van der Waals surface area contributed by atoms with E-state index in [-0.39, 0.29) is 43.4 Å². The number of carbonyl (C=O) groups excluding carboxylic acids is 1. The standard InChI is InChI=1S/C24H26FN7O4S/c1-24(2,3)36-23(34)32-7-6-19(16(25)10-32)35-18-5-4-14(8-15(18)9-26)20-27-12-28-22(30-20)31-21-17(11-33)29-13-37-21/h4-5,8,12-13,16,19,33H,6-7,10-11H2,1-3H3,(H,27,28,30,31)/t16-,19-/m0/s1. The van der Waals surface area contributed by atoms with E-state index in [1.165, 1.54) is 22.6 Å². The van der Waals surface area contributed by atoms with Gasteiger partial charge in [-0.15, -0.1) is 11.3 Å². The molecule has 2 N–H and O–H groups in total. The van der Waals surface area contributed by atoms with Gasteiger partial charge in [0.15, 0.2) is 12.0 Å². The Labute approximate surface area is 216 Å². The van der Waals surface area contributed by atoms with Gasteiger partial charge in [-0.25, -0.2) is 24.1 Å². The van der Waals surface area contributed by atoms with Gasteiger partial charge >= 0.3 is 6.09 Å². The number of alkyl halides is 1. The highest BCUT2D eigenvalue weighted by Crippen LogP contribution is 2.29. The second-order valence-electron chi connectivity index (χ2n) is 9.25. The number of nitrogens with zero attached hydrogens (tertiary/aromatic N) is 6. The summed E-state index contributed by atoms with van der Waals surface area (Å²) in [5.41, 5.74) is 2.13. The monoisotopic (exact) mass is 527 g/mol. The van der Waals surface area contributed by atoms with E-state index in [1.807, 2.05) is 0 Å². The maximum atomic E-state index is 14.9. The minimum Gasteiger partial charge on any atom is -0.486 e. The number of benzene rings is 1. The largest absolute Gasteiger partial charge is 0.486 e. The van der Waals surface area contributed by atoms with Gasteiger partial charge in [-0.1, -0.05) is 0 Å². The van der Waals surface area contributed by atoms with Crippen molar-refractivity contribution in [2.75, 3.05) is 18.4 Å². The zero-order chi connectivity index (χ0) is 26.6. The molecule has 1 saturated heterocycles. The predicted molar refractivity (Wildman–Crippen MR) is 133 cm³/mol. The average Bonchev–Trinajstić information content (AvgIpc) is 3.31. The van der Waals surface area contributed by atoms with Gasteiger partial charge in [0.25, 0.3) is 0 Å². The van der Waals surface area contributed by atoms with E-state index in [9.17, 15) is 19.6 Å². The number of amides is 1. The summed E-state index contributed by atoms with van der Waals surface area (Å²) in [6.07, 6.45) is -1.25. The molecule has 0 spiro atoms. The minimum absolute atomic E-state index is 0.155.